The van der Waals surface area contributed by atoms with Crippen molar-refractivity contribution in [1.82, 2.24) is 10.6 Å². The molecule has 0 unspecified atom stereocenters. The summed E-state index contributed by atoms with van der Waals surface area (Å²) in [5.41, 5.74) is 0. The summed E-state index contributed by atoms with van der Waals surface area (Å²) in [6.45, 7) is 22.0. The van der Waals surface area contributed by atoms with Gasteiger partial charge in [-0.1, -0.05) is 7.43 Å². The maximum absolute atomic E-state index is 5.41. The minimum Gasteiger partial charge on any atom is -0.378 e. The Morgan fingerprint density at radius 1 is 0.154 bits per heavy atom. The van der Waals surface area contributed by atoms with E-state index in [2.05, 4.69) is 10.6 Å². The first-order valence-corrected chi connectivity index (χ1v) is 18.6. The molecule has 52 heavy (non-hydrogen) atoms. The van der Waals surface area contributed by atoms with Crippen molar-refractivity contribution < 1.29 is 71.1 Å². The Morgan fingerprint density at radius 2 is 0.250 bits per heavy atom. The van der Waals surface area contributed by atoms with Crippen LogP contribution in [-0.4, -0.2) is 224 Å². The lowest BCUT2D eigenvalue weighted by Crippen LogP contribution is -2.27. The SMILES string of the molecule is C.C1COCCOCCNCCOCCOCCN1.C1COCCOCCOCCOCCO1.C1COCCOCCOCCOCCOCCO1. The van der Waals surface area contributed by atoms with Gasteiger partial charge in [0, 0.05) is 26.2 Å². The maximum atomic E-state index is 5.41. The molecule has 3 fully saturated rings. The third-order valence-corrected chi connectivity index (χ3v) is 6.53. The summed E-state index contributed by atoms with van der Waals surface area (Å²) in [6.07, 6.45) is 0. The predicted molar refractivity (Wildman–Crippen MR) is 195 cm³/mol. The van der Waals surface area contributed by atoms with Crippen LogP contribution in [0.5, 0.6) is 0 Å². The molecule has 0 radical (unpaired) electrons. The van der Waals surface area contributed by atoms with E-state index in [4.69, 9.17) is 71.1 Å². The third-order valence-electron chi connectivity index (χ3n) is 6.53. The summed E-state index contributed by atoms with van der Waals surface area (Å²) in [6, 6.07) is 0. The molecule has 0 aromatic carbocycles. The second-order valence-corrected chi connectivity index (χ2v) is 10.7. The quantitative estimate of drug-likeness (QED) is 0.341. The van der Waals surface area contributed by atoms with Crippen LogP contribution in [0.3, 0.4) is 0 Å². The number of nitrogens with one attached hydrogen (secondary N) is 2. The minimum atomic E-state index is 0. The third kappa shape index (κ3) is 45.5. The van der Waals surface area contributed by atoms with Crippen LogP contribution >= 0.6 is 0 Å². The van der Waals surface area contributed by atoms with Gasteiger partial charge in [0.15, 0.2) is 0 Å². The largest absolute Gasteiger partial charge is 0.378 e. The lowest BCUT2D eigenvalue weighted by molar-refractivity contribution is -0.0334. The van der Waals surface area contributed by atoms with Crippen molar-refractivity contribution in [2.24, 2.45) is 0 Å². The molecule has 0 amide bonds. The number of rotatable bonds is 0. The highest BCUT2D eigenvalue weighted by atomic mass is 16.6. The maximum Gasteiger partial charge on any atom is 0.0701 e. The molecular weight excluding hydrogens is 688 g/mol. The molecule has 0 aliphatic carbocycles. The molecule has 0 aromatic heterocycles. The fraction of sp³-hybridized carbons (Fsp3) is 1.00. The fourth-order valence-corrected chi connectivity index (χ4v) is 3.89. The van der Waals surface area contributed by atoms with E-state index in [9.17, 15) is 0 Å². The first-order valence-electron chi connectivity index (χ1n) is 18.6. The van der Waals surface area contributed by atoms with E-state index in [0.717, 1.165) is 26.2 Å². The summed E-state index contributed by atoms with van der Waals surface area (Å²) in [7, 11) is 0. The molecule has 3 rings (SSSR count). The van der Waals surface area contributed by atoms with Gasteiger partial charge in [0.05, 0.1) is 198 Å². The van der Waals surface area contributed by atoms with Crippen molar-refractivity contribution in [2.45, 2.75) is 7.43 Å². The standard InChI is InChI=1S/C12H26N2O4.C12H24O6.C10H20O5.CH4/c1-5-15-9-10-17-7-3-14-4-8-18-12-11-16-6-2-13-1;1-2-14-5-6-16-9-10-18-12-11-17-8-7-15-4-3-13-1;1-2-12-5-6-14-9-10-15-8-7-13-4-3-11-1;/h13-14H,1-12H2;1-12H2;1-10H2;1H4. The molecule has 3 aliphatic heterocycles. The molecule has 3 aliphatic rings. The van der Waals surface area contributed by atoms with E-state index < -0.39 is 0 Å². The predicted octanol–water partition coefficient (Wildman–Crippen LogP) is 0.0643. The van der Waals surface area contributed by atoms with Gasteiger partial charge in [0.2, 0.25) is 0 Å². The normalized spacial score (nSPS) is 23.5. The molecule has 2 N–H and O–H groups in total. The van der Waals surface area contributed by atoms with Gasteiger partial charge >= 0.3 is 0 Å². The first kappa shape index (κ1) is 51.3. The summed E-state index contributed by atoms with van der Waals surface area (Å²) < 4.78 is 80.0. The van der Waals surface area contributed by atoms with E-state index >= 15 is 0 Å². The van der Waals surface area contributed by atoms with Gasteiger partial charge in [-0.25, -0.2) is 0 Å². The van der Waals surface area contributed by atoms with E-state index in [1.54, 1.807) is 0 Å². The zero-order valence-electron chi connectivity index (χ0n) is 31.2. The van der Waals surface area contributed by atoms with Crippen LogP contribution in [0.2, 0.25) is 0 Å². The van der Waals surface area contributed by atoms with Crippen molar-refractivity contribution in [1.29, 1.82) is 0 Å². The topological polar surface area (TPSA) is 163 Å². The summed E-state index contributed by atoms with van der Waals surface area (Å²) in [5.74, 6) is 0. The van der Waals surface area contributed by atoms with Gasteiger partial charge in [-0.05, 0) is 0 Å². The summed E-state index contributed by atoms with van der Waals surface area (Å²) >= 11 is 0. The van der Waals surface area contributed by atoms with Crippen LogP contribution in [0.25, 0.3) is 0 Å². The monoisotopic (exact) mass is 763 g/mol. The van der Waals surface area contributed by atoms with Crippen LogP contribution in [-0.2, 0) is 71.1 Å². The van der Waals surface area contributed by atoms with Crippen molar-refractivity contribution in [3.63, 3.8) is 0 Å². The molecule has 314 valence electrons. The summed E-state index contributed by atoms with van der Waals surface area (Å²) in [5, 5.41) is 6.50. The molecule has 17 nitrogen and oxygen atoms in total. The molecule has 0 saturated carbocycles. The molecule has 0 spiro atoms. The van der Waals surface area contributed by atoms with Gasteiger partial charge in [-0.2, -0.15) is 0 Å². The van der Waals surface area contributed by atoms with Gasteiger partial charge in [-0.3, -0.25) is 0 Å². The van der Waals surface area contributed by atoms with Gasteiger partial charge < -0.3 is 81.7 Å². The molecule has 0 bridgehead atoms. The highest BCUT2D eigenvalue weighted by Crippen LogP contribution is 1.88. The Hall–Kier alpha value is -0.680. The van der Waals surface area contributed by atoms with E-state index in [-0.39, 0.29) is 7.43 Å². The Kier molecular flexibility index (Phi) is 47.7. The molecule has 0 atom stereocenters. The second-order valence-electron chi connectivity index (χ2n) is 10.7. The second kappa shape index (κ2) is 48.3. The van der Waals surface area contributed by atoms with E-state index in [0.29, 0.717) is 198 Å². The van der Waals surface area contributed by atoms with Crippen LogP contribution in [0.1, 0.15) is 7.43 Å². The molecule has 3 saturated heterocycles. The molecular formula is C35H74N2O15. The average Bonchev–Trinajstić information content (AvgIpc) is 3.16. The van der Waals surface area contributed by atoms with Crippen molar-refractivity contribution in [3.05, 3.63) is 0 Å². The smallest absolute Gasteiger partial charge is 0.0701 e. The van der Waals surface area contributed by atoms with E-state index in [1.807, 2.05) is 0 Å². The average molecular weight is 763 g/mol. The first-order chi connectivity index (χ1) is 25.5. The van der Waals surface area contributed by atoms with Crippen molar-refractivity contribution in [2.75, 3.05) is 224 Å². The Morgan fingerprint density at radius 3 is 0.365 bits per heavy atom. The van der Waals surface area contributed by atoms with Crippen LogP contribution in [0, 0.1) is 0 Å². The molecule has 0 aromatic rings. The van der Waals surface area contributed by atoms with Crippen LogP contribution in [0.15, 0.2) is 0 Å². The van der Waals surface area contributed by atoms with Crippen LogP contribution < -0.4 is 10.6 Å². The molecule has 17 heteroatoms. The van der Waals surface area contributed by atoms with Crippen molar-refractivity contribution in [3.8, 4) is 0 Å². The fourth-order valence-electron chi connectivity index (χ4n) is 3.89. The summed E-state index contributed by atoms with van der Waals surface area (Å²) in [4.78, 5) is 0. The highest BCUT2D eigenvalue weighted by Gasteiger charge is 1.98. The van der Waals surface area contributed by atoms with Gasteiger partial charge in [-0.15, -0.1) is 0 Å². The number of hydrogen-bond acceptors (Lipinski definition) is 17. The van der Waals surface area contributed by atoms with Crippen molar-refractivity contribution >= 4 is 0 Å². The number of ether oxygens (including phenoxy) is 15. The van der Waals surface area contributed by atoms with Gasteiger partial charge in [0.1, 0.15) is 0 Å². The van der Waals surface area contributed by atoms with E-state index in [1.165, 1.54) is 0 Å². The Balaban J connectivity index is 0.000000747. The Labute approximate surface area is 313 Å². The zero-order chi connectivity index (χ0) is 36.1. The lowest BCUT2D eigenvalue weighted by atomic mass is 10.6. The minimum absolute atomic E-state index is 0. The molecule has 3 heterocycles. The lowest BCUT2D eigenvalue weighted by Gasteiger charge is -2.10. The Bertz CT molecular complexity index is 390. The number of hydrogen-bond donors (Lipinski definition) is 2. The van der Waals surface area contributed by atoms with Crippen LogP contribution in [0.4, 0.5) is 0 Å². The van der Waals surface area contributed by atoms with Gasteiger partial charge in [0.25, 0.3) is 0 Å². The highest BCUT2D eigenvalue weighted by molar-refractivity contribution is 4.48. The zero-order valence-corrected chi connectivity index (χ0v) is 31.2.